The summed E-state index contributed by atoms with van der Waals surface area (Å²) >= 11 is 0.890. The first kappa shape index (κ1) is 12.9. The minimum absolute atomic E-state index is 0.217. The number of halogens is 2. The zero-order chi connectivity index (χ0) is 12.1. The van der Waals surface area contributed by atoms with Crippen LogP contribution in [-0.4, -0.2) is 31.6 Å². The summed E-state index contributed by atoms with van der Waals surface area (Å²) in [5.74, 6) is -1.64. The minimum atomic E-state index is -2.70. The minimum Gasteiger partial charge on any atom is -0.481 e. The van der Waals surface area contributed by atoms with Crippen molar-refractivity contribution in [2.24, 2.45) is 0 Å². The lowest BCUT2D eigenvalue weighted by Crippen LogP contribution is -2.06. The van der Waals surface area contributed by atoms with E-state index in [2.05, 4.69) is 10.2 Å². The molecule has 0 bridgehead atoms. The van der Waals surface area contributed by atoms with Crippen molar-refractivity contribution in [3.8, 4) is 0 Å². The molecule has 0 aromatic carbocycles. The van der Waals surface area contributed by atoms with Gasteiger partial charge in [-0.1, -0.05) is 18.7 Å². The summed E-state index contributed by atoms with van der Waals surface area (Å²) in [6.07, 6.45) is -2.04. The van der Waals surface area contributed by atoms with Crippen molar-refractivity contribution in [2.45, 2.75) is 31.5 Å². The van der Waals surface area contributed by atoms with Crippen molar-refractivity contribution in [1.29, 1.82) is 0 Å². The Morgan fingerprint density at radius 2 is 2.25 bits per heavy atom. The molecule has 0 aliphatic heterocycles. The van der Waals surface area contributed by atoms with Gasteiger partial charge in [-0.05, 0) is 6.42 Å². The fourth-order valence-electron chi connectivity index (χ4n) is 1.13. The van der Waals surface area contributed by atoms with Crippen molar-refractivity contribution in [1.82, 2.24) is 14.8 Å². The van der Waals surface area contributed by atoms with Crippen LogP contribution in [0.4, 0.5) is 8.78 Å². The van der Waals surface area contributed by atoms with E-state index < -0.39 is 18.2 Å². The van der Waals surface area contributed by atoms with Crippen molar-refractivity contribution in [3.05, 3.63) is 5.82 Å². The van der Waals surface area contributed by atoms with Gasteiger partial charge >= 0.3 is 5.97 Å². The first-order chi connectivity index (χ1) is 7.56. The molecular weight excluding hydrogens is 240 g/mol. The number of aromatic nitrogens is 3. The van der Waals surface area contributed by atoms with E-state index in [4.69, 9.17) is 5.11 Å². The second-order valence-corrected chi connectivity index (χ2v) is 3.92. The molecule has 0 atom stereocenters. The van der Waals surface area contributed by atoms with E-state index >= 15 is 0 Å². The maximum atomic E-state index is 12.5. The summed E-state index contributed by atoms with van der Waals surface area (Å²) in [5, 5.41) is 15.6. The Morgan fingerprint density at radius 1 is 1.56 bits per heavy atom. The van der Waals surface area contributed by atoms with E-state index in [-0.39, 0.29) is 10.9 Å². The normalized spacial score (nSPS) is 11.0. The van der Waals surface area contributed by atoms with Crippen LogP contribution in [0.25, 0.3) is 0 Å². The number of aliphatic carboxylic acids is 1. The van der Waals surface area contributed by atoms with Crippen LogP contribution in [0.5, 0.6) is 0 Å². The van der Waals surface area contributed by atoms with Gasteiger partial charge in [0.15, 0.2) is 5.16 Å². The Hall–Kier alpha value is -1.18. The molecule has 0 unspecified atom stereocenters. The van der Waals surface area contributed by atoms with Crippen LogP contribution >= 0.6 is 11.8 Å². The first-order valence-electron chi connectivity index (χ1n) is 4.62. The molecule has 0 radical (unpaired) electrons. The van der Waals surface area contributed by atoms with E-state index in [0.717, 1.165) is 11.8 Å². The average Bonchev–Trinajstić information content (AvgIpc) is 2.59. The second-order valence-electron chi connectivity index (χ2n) is 2.98. The largest absolute Gasteiger partial charge is 0.481 e. The standard InChI is InChI=1S/C8H11F2N3O2S/c1-2-3-13-7(6(9)10)11-12-8(13)16-4-5(14)15/h6H,2-4H2,1H3,(H,14,15). The number of thioether (sulfide) groups is 1. The molecule has 1 N–H and O–H groups in total. The number of carboxylic acids is 1. The van der Waals surface area contributed by atoms with Gasteiger partial charge in [-0.3, -0.25) is 4.79 Å². The van der Waals surface area contributed by atoms with Crippen LogP contribution in [0.3, 0.4) is 0 Å². The smallest absolute Gasteiger partial charge is 0.313 e. The van der Waals surface area contributed by atoms with Gasteiger partial charge in [-0.15, -0.1) is 10.2 Å². The Kier molecular flexibility index (Phi) is 4.66. The zero-order valence-corrected chi connectivity index (χ0v) is 9.38. The van der Waals surface area contributed by atoms with Crippen LogP contribution in [-0.2, 0) is 11.3 Å². The summed E-state index contributed by atoms with van der Waals surface area (Å²) in [6, 6.07) is 0. The quantitative estimate of drug-likeness (QED) is 0.781. The molecule has 0 saturated heterocycles. The highest BCUT2D eigenvalue weighted by Crippen LogP contribution is 2.23. The zero-order valence-electron chi connectivity index (χ0n) is 8.56. The highest BCUT2D eigenvalue weighted by Gasteiger charge is 2.20. The van der Waals surface area contributed by atoms with Crippen LogP contribution in [0.2, 0.25) is 0 Å². The fraction of sp³-hybridized carbons (Fsp3) is 0.625. The summed E-state index contributed by atoms with van der Waals surface area (Å²) in [4.78, 5) is 10.4. The molecular formula is C8H11F2N3O2S. The summed E-state index contributed by atoms with van der Waals surface area (Å²) < 4.78 is 26.3. The number of carboxylic acid groups (broad SMARTS) is 1. The molecule has 0 aliphatic carbocycles. The van der Waals surface area contributed by atoms with Crippen LogP contribution in [0.1, 0.15) is 25.6 Å². The lowest BCUT2D eigenvalue weighted by molar-refractivity contribution is -0.133. The van der Waals surface area contributed by atoms with E-state index in [1.54, 1.807) is 0 Å². The SMILES string of the molecule is CCCn1c(SCC(=O)O)nnc1C(F)F. The van der Waals surface area contributed by atoms with Crippen LogP contribution < -0.4 is 0 Å². The Labute approximate surface area is 94.9 Å². The number of alkyl halides is 2. The molecule has 0 fully saturated rings. The van der Waals surface area contributed by atoms with Gasteiger partial charge in [0.05, 0.1) is 5.75 Å². The molecule has 0 aliphatic rings. The van der Waals surface area contributed by atoms with Crippen LogP contribution in [0, 0.1) is 0 Å². The van der Waals surface area contributed by atoms with E-state index in [1.807, 2.05) is 6.92 Å². The van der Waals surface area contributed by atoms with Crippen molar-refractivity contribution in [2.75, 3.05) is 5.75 Å². The number of hydrogen-bond acceptors (Lipinski definition) is 4. The highest BCUT2D eigenvalue weighted by atomic mass is 32.2. The monoisotopic (exact) mass is 251 g/mol. The summed E-state index contributed by atoms with van der Waals surface area (Å²) in [5.41, 5.74) is 0. The van der Waals surface area contributed by atoms with E-state index in [1.165, 1.54) is 4.57 Å². The molecule has 1 aromatic rings. The molecule has 90 valence electrons. The maximum absolute atomic E-state index is 12.5. The van der Waals surface area contributed by atoms with Gasteiger partial charge in [0.1, 0.15) is 0 Å². The summed E-state index contributed by atoms with van der Waals surface area (Å²) in [6.45, 7) is 2.19. The fourth-order valence-corrected chi connectivity index (χ4v) is 1.82. The molecule has 0 amide bonds. The Morgan fingerprint density at radius 3 is 2.75 bits per heavy atom. The van der Waals surface area contributed by atoms with Crippen molar-refractivity contribution < 1.29 is 18.7 Å². The van der Waals surface area contributed by atoms with E-state index in [0.29, 0.717) is 13.0 Å². The molecule has 0 saturated carbocycles. The Balaban J connectivity index is 2.86. The topological polar surface area (TPSA) is 68.0 Å². The maximum Gasteiger partial charge on any atom is 0.313 e. The lowest BCUT2D eigenvalue weighted by atomic mass is 10.4. The third-order valence-corrected chi connectivity index (χ3v) is 2.66. The molecule has 1 rings (SSSR count). The van der Waals surface area contributed by atoms with Crippen LogP contribution in [0.15, 0.2) is 5.16 Å². The average molecular weight is 251 g/mol. The Bertz CT molecular complexity index is 370. The summed E-state index contributed by atoms with van der Waals surface area (Å²) in [7, 11) is 0. The van der Waals surface area contributed by atoms with Gasteiger partial charge in [0.25, 0.3) is 6.43 Å². The molecule has 5 nitrogen and oxygen atoms in total. The number of carbonyl (C=O) groups is 1. The van der Waals surface area contributed by atoms with E-state index in [9.17, 15) is 13.6 Å². The van der Waals surface area contributed by atoms with Gasteiger partial charge in [0.2, 0.25) is 5.82 Å². The number of hydrogen-bond donors (Lipinski definition) is 1. The third kappa shape index (κ3) is 3.16. The predicted molar refractivity (Wildman–Crippen MR) is 53.6 cm³/mol. The predicted octanol–water partition coefficient (Wildman–Crippen LogP) is 1.80. The molecule has 0 spiro atoms. The molecule has 16 heavy (non-hydrogen) atoms. The number of rotatable bonds is 6. The highest BCUT2D eigenvalue weighted by molar-refractivity contribution is 7.99. The molecule has 1 heterocycles. The first-order valence-corrected chi connectivity index (χ1v) is 5.60. The molecule has 8 heteroatoms. The van der Waals surface area contributed by atoms with Crippen molar-refractivity contribution >= 4 is 17.7 Å². The molecule has 1 aromatic heterocycles. The second kappa shape index (κ2) is 5.78. The van der Waals surface area contributed by atoms with Gasteiger partial charge < -0.3 is 9.67 Å². The van der Waals surface area contributed by atoms with Crippen molar-refractivity contribution in [3.63, 3.8) is 0 Å². The van der Waals surface area contributed by atoms with Gasteiger partial charge in [-0.2, -0.15) is 0 Å². The number of nitrogens with zero attached hydrogens (tertiary/aromatic N) is 3. The van der Waals surface area contributed by atoms with Gasteiger partial charge in [-0.25, -0.2) is 8.78 Å². The third-order valence-electron chi connectivity index (χ3n) is 1.71. The van der Waals surface area contributed by atoms with Gasteiger partial charge in [0, 0.05) is 6.54 Å². The lowest BCUT2D eigenvalue weighted by Gasteiger charge is -2.06.